The van der Waals surface area contributed by atoms with Crippen LogP contribution in [0.2, 0.25) is 0 Å². The molecule has 0 bridgehead atoms. The highest BCUT2D eigenvalue weighted by Crippen LogP contribution is 2.19. The van der Waals surface area contributed by atoms with Gasteiger partial charge in [-0.25, -0.2) is 4.39 Å². The lowest BCUT2D eigenvalue weighted by Gasteiger charge is -2.28. The molecule has 2 N–H and O–H groups in total. The summed E-state index contributed by atoms with van der Waals surface area (Å²) in [6.45, 7) is 5.24. The maximum Gasteiger partial charge on any atom is 0.191 e. The summed E-state index contributed by atoms with van der Waals surface area (Å²) in [4.78, 5) is 6.68. The van der Waals surface area contributed by atoms with E-state index < -0.39 is 0 Å². The fourth-order valence-corrected chi connectivity index (χ4v) is 3.89. The monoisotopic (exact) mass is 386 g/mol. The van der Waals surface area contributed by atoms with Gasteiger partial charge in [0, 0.05) is 50.4 Å². The van der Waals surface area contributed by atoms with Crippen molar-refractivity contribution in [3.63, 3.8) is 0 Å². The van der Waals surface area contributed by atoms with Gasteiger partial charge in [-0.15, -0.1) is 0 Å². The minimum Gasteiger partial charge on any atom is -0.370 e. The van der Waals surface area contributed by atoms with Gasteiger partial charge in [0.15, 0.2) is 5.96 Å². The number of benzene rings is 2. The highest BCUT2D eigenvalue weighted by molar-refractivity contribution is 7.99. The lowest BCUT2D eigenvalue weighted by molar-refractivity contribution is 0.615. The van der Waals surface area contributed by atoms with E-state index >= 15 is 0 Å². The summed E-state index contributed by atoms with van der Waals surface area (Å²) < 4.78 is 13.6. The lowest BCUT2D eigenvalue weighted by atomic mass is 10.1. The van der Waals surface area contributed by atoms with Crippen LogP contribution < -0.4 is 15.5 Å². The number of aliphatic imine (C=N–C) groups is 1. The van der Waals surface area contributed by atoms with E-state index in [9.17, 15) is 4.39 Å². The summed E-state index contributed by atoms with van der Waals surface area (Å²) in [5.74, 6) is 2.93. The number of guanidine groups is 1. The quantitative estimate of drug-likeness (QED) is 0.609. The molecule has 0 atom stereocenters. The van der Waals surface area contributed by atoms with Crippen molar-refractivity contribution < 1.29 is 4.39 Å². The Morgan fingerprint density at radius 2 is 1.67 bits per heavy atom. The highest BCUT2D eigenvalue weighted by Gasteiger charge is 2.10. The zero-order valence-corrected chi connectivity index (χ0v) is 16.8. The zero-order chi connectivity index (χ0) is 19.1. The number of halogens is 1. The van der Waals surface area contributed by atoms with E-state index in [0.717, 1.165) is 18.7 Å². The van der Waals surface area contributed by atoms with Crippen molar-refractivity contribution in [1.29, 1.82) is 0 Å². The summed E-state index contributed by atoms with van der Waals surface area (Å²) in [5, 5.41) is 6.54. The first-order valence-corrected chi connectivity index (χ1v) is 10.4. The fraction of sp³-hybridized carbons (Fsp3) is 0.381. The Kier molecular flexibility index (Phi) is 6.98. The van der Waals surface area contributed by atoms with Crippen molar-refractivity contribution in [2.24, 2.45) is 4.99 Å². The number of rotatable bonds is 5. The standard InChI is InChI=1S/C21H27FN4S/c1-16-3-4-18(13-20(16)22)15-25-21(23-2)24-14-17-5-7-19(8-6-17)26-9-11-27-12-10-26/h3-8,13H,9-12,14-15H2,1-2H3,(H2,23,24,25). The maximum atomic E-state index is 13.6. The predicted octanol–water partition coefficient (Wildman–Crippen LogP) is 3.55. The molecule has 144 valence electrons. The smallest absolute Gasteiger partial charge is 0.191 e. The molecular weight excluding hydrogens is 359 g/mol. The number of nitrogens with one attached hydrogen (secondary N) is 2. The maximum absolute atomic E-state index is 13.6. The molecule has 0 saturated carbocycles. The summed E-state index contributed by atoms with van der Waals surface area (Å²) in [7, 11) is 1.74. The number of aryl methyl sites for hydroxylation is 1. The first-order valence-electron chi connectivity index (χ1n) is 9.27. The van der Waals surface area contributed by atoms with Gasteiger partial charge in [0.2, 0.25) is 0 Å². The largest absolute Gasteiger partial charge is 0.370 e. The molecule has 0 aliphatic carbocycles. The average molecular weight is 387 g/mol. The Labute approximate surface area is 165 Å². The van der Waals surface area contributed by atoms with Crippen LogP contribution in [0.25, 0.3) is 0 Å². The molecule has 1 heterocycles. The number of nitrogens with zero attached hydrogens (tertiary/aromatic N) is 2. The molecule has 0 unspecified atom stereocenters. The third-order valence-electron chi connectivity index (χ3n) is 4.69. The fourth-order valence-electron chi connectivity index (χ4n) is 2.98. The van der Waals surface area contributed by atoms with E-state index in [2.05, 4.69) is 44.8 Å². The van der Waals surface area contributed by atoms with Crippen molar-refractivity contribution in [3.8, 4) is 0 Å². The van der Waals surface area contributed by atoms with Gasteiger partial charge in [0.1, 0.15) is 5.82 Å². The Morgan fingerprint density at radius 3 is 2.30 bits per heavy atom. The molecule has 1 fully saturated rings. The number of hydrogen-bond acceptors (Lipinski definition) is 3. The van der Waals surface area contributed by atoms with E-state index in [1.54, 1.807) is 26.1 Å². The molecular formula is C21H27FN4S. The molecule has 0 aromatic heterocycles. The molecule has 1 saturated heterocycles. The molecule has 3 rings (SSSR count). The van der Waals surface area contributed by atoms with Gasteiger partial charge in [0.05, 0.1) is 0 Å². The van der Waals surface area contributed by atoms with Crippen molar-refractivity contribution >= 4 is 23.4 Å². The van der Waals surface area contributed by atoms with Crippen LogP contribution in [0.15, 0.2) is 47.5 Å². The summed E-state index contributed by atoms with van der Waals surface area (Å²) >= 11 is 2.02. The Balaban J connectivity index is 1.49. The van der Waals surface area contributed by atoms with Crippen molar-refractivity contribution in [2.75, 3.05) is 36.5 Å². The lowest BCUT2D eigenvalue weighted by Crippen LogP contribution is -2.36. The van der Waals surface area contributed by atoms with Crippen LogP contribution in [-0.2, 0) is 13.1 Å². The van der Waals surface area contributed by atoms with Gasteiger partial charge >= 0.3 is 0 Å². The van der Waals surface area contributed by atoms with Crippen molar-refractivity contribution in [3.05, 3.63) is 65.0 Å². The SMILES string of the molecule is CN=C(NCc1ccc(N2CCSCC2)cc1)NCc1ccc(C)c(F)c1. The number of thioether (sulfide) groups is 1. The normalized spacial score (nSPS) is 14.9. The second-order valence-electron chi connectivity index (χ2n) is 6.63. The van der Waals surface area contributed by atoms with Gasteiger partial charge in [-0.2, -0.15) is 11.8 Å². The molecule has 2 aromatic carbocycles. The molecule has 4 nitrogen and oxygen atoms in total. The molecule has 0 spiro atoms. The van der Waals surface area contributed by atoms with Crippen LogP contribution >= 0.6 is 11.8 Å². The molecule has 6 heteroatoms. The second kappa shape index (κ2) is 9.65. The Bertz CT molecular complexity index is 770. The zero-order valence-electron chi connectivity index (χ0n) is 16.0. The first kappa shape index (κ1) is 19.5. The van der Waals surface area contributed by atoms with Gasteiger partial charge in [-0.3, -0.25) is 4.99 Å². The molecule has 1 aliphatic rings. The van der Waals surface area contributed by atoms with Gasteiger partial charge in [-0.1, -0.05) is 24.3 Å². The van der Waals surface area contributed by atoms with Gasteiger partial charge in [0.25, 0.3) is 0 Å². The third kappa shape index (κ3) is 5.63. The van der Waals surface area contributed by atoms with Crippen LogP contribution in [0.1, 0.15) is 16.7 Å². The number of hydrogen-bond donors (Lipinski definition) is 2. The molecule has 27 heavy (non-hydrogen) atoms. The van der Waals surface area contributed by atoms with Crippen molar-refractivity contribution in [1.82, 2.24) is 10.6 Å². The summed E-state index contributed by atoms with van der Waals surface area (Å²) in [6.07, 6.45) is 0. The summed E-state index contributed by atoms with van der Waals surface area (Å²) in [6, 6.07) is 14.0. The van der Waals surface area contributed by atoms with Crippen LogP contribution in [0.5, 0.6) is 0 Å². The molecule has 0 radical (unpaired) electrons. The molecule has 2 aromatic rings. The van der Waals surface area contributed by atoms with Gasteiger partial charge < -0.3 is 15.5 Å². The second-order valence-corrected chi connectivity index (χ2v) is 7.85. The minimum absolute atomic E-state index is 0.176. The summed E-state index contributed by atoms with van der Waals surface area (Å²) in [5.41, 5.74) is 4.05. The molecule has 1 aliphatic heterocycles. The topological polar surface area (TPSA) is 39.7 Å². The van der Waals surface area contributed by atoms with Crippen LogP contribution in [-0.4, -0.2) is 37.6 Å². The highest BCUT2D eigenvalue weighted by atomic mass is 32.2. The van der Waals surface area contributed by atoms with E-state index in [4.69, 9.17) is 0 Å². The van der Waals surface area contributed by atoms with Crippen molar-refractivity contribution in [2.45, 2.75) is 20.0 Å². The van der Waals surface area contributed by atoms with E-state index in [-0.39, 0.29) is 5.82 Å². The first-order chi connectivity index (χ1) is 13.2. The Hall–Kier alpha value is -2.21. The van der Waals surface area contributed by atoms with Crippen LogP contribution in [0.3, 0.4) is 0 Å². The predicted molar refractivity (Wildman–Crippen MR) is 114 cm³/mol. The van der Waals surface area contributed by atoms with Crippen LogP contribution in [0.4, 0.5) is 10.1 Å². The Morgan fingerprint density at radius 1 is 1.04 bits per heavy atom. The average Bonchev–Trinajstić information content (AvgIpc) is 2.72. The van der Waals surface area contributed by atoms with Gasteiger partial charge in [-0.05, 0) is 41.8 Å². The van der Waals surface area contributed by atoms with Crippen LogP contribution in [0, 0.1) is 12.7 Å². The van der Waals surface area contributed by atoms with E-state index in [0.29, 0.717) is 24.6 Å². The van der Waals surface area contributed by atoms with E-state index in [1.807, 2.05) is 17.8 Å². The minimum atomic E-state index is -0.176. The third-order valence-corrected chi connectivity index (χ3v) is 5.63. The van der Waals surface area contributed by atoms with E-state index in [1.165, 1.54) is 22.8 Å². The molecule has 0 amide bonds. The number of anilines is 1.